The van der Waals surface area contributed by atoms with E-state index in [0.29, 0.717) is 0 Å². The van der Waals surface area contributed by atoms with Crippen molar-refractivity contribution in [3.63, 3.8) is 0 Å². The molecule has 1 rings (SSSR count). The predicted octanol–water partition coefficient (Wildman–Crippen LogP) is 0.698. The highest BCUT2D eigenvalue weighted by atomic mass is 14.9. The normalized spacial score (nSPS) is 19.8. The van der Waals surface area contributed by atoms with E-state index in [2.05, 4.69) is 24.7 Å². The second-order valence-electron chi connectivity index (χ2n) is 1.47. The van der Waals surface area contributed by atoms with Crippen LogP contribution in [0.2, 0.25) is 0 Å². The molecule has 1 radical (unpaired) electrons. The van der Waals surface area contributed by atoms with Crippen LogP contribution in [0.5, 0.6) is 0 Å². The van der Waals surface area contributed by atoms with E-state index >= 15 is 0 Å². The van der Waals surface area contributed by atoms with Crippen LogP contribution >= 0.6 is 0 Å². The van der Waals surface area contributed by atoms with Crippen LogP contribution in [0.4, 0.5) is 0 Å². The fourth-order valence-corrected chi connectivity index (χ4v) is 0.515. The molecule has 1 nitrogen and oxygen atoms in total. The minimum Gasteiger partial charge on any atom is -0.388 e. The second-order valence-corrected chi connectivity index (χ2v) is 1.47. The Kier molecular flexibility index (Phi) is 0.825. The monoisotopic (exact) mass is 82.1 g/mol. The average Bonchev–Trinajstić information content (AvgIpc) is 1.86. The van der Waals surface area contributed by atoms with Crippen molar-refractivity contribution in [3.05, 3.63) is 18.2 Å². The molecule has 0 aromatic heterocycles. The van der Waals surface area contributed by atoms with Crippen LogP contribution in [0.3, 0.4) is 0 Å². The summed E-state index contributed by atoms with van der Waals surface area (Å²) >= 11 is 0. The standard InChI is InChI=1S/C5H8N/c1-5-3-2-4-6-5/h2-3,6H,4H2,1H3. The number of rotatable bonds is 0. The maximum absolute atomic E-state index is 3.12. The zero-order chi connectivity index (χ0) is 4.41. The van der Waals surface area contributed by atoms with Gasteiger partial charge in [0.25, 0.3) is 0 Å². The zero-order valence-electron chi connectivity index (χ0n) is 3.86. The van der Waals surface area contributed by atoms with Gasteiger partial charge in [-0.2, -0.15) is 0 Å². The molecule has 0 amide bonds. The number of hydrogen-bond acceptors (Lipinski definition) is 1. The SMILES string of the molecule is CC1=C[CH]CN1. The average molecular weight is 82.1 g/mol. The summed E-state index contributed by atoms with van der Waals surface area (Å²) in [6.45, 7) is 3.08. The van der Waals surface area contributed by atoms with Gasteiger partial charge in [-0.25, -0.2) is 0 Å². The number of allylic oxidation sites excluding steroid dienone is 1. The van der Waals surface area contributed by atoms with Gasteiger partial charge in [-0.1, -0.05) is 6.08 Å². The summed E-state index contributed by atoms with van der Waals surface area (Å²) < 4.78 is 0. The molecular formula is C5H8N. The first-order valence-corrected chi connectivity index (χ1v) is 2.13. The van der Waals surface area contributed by atoms with Gasteiger partial charge in [0.15, 0.2) is 0 Å². The van der Waals surface area contributed by atoms with E-state index in [9.17, 15) is 0 Å². The third-order valence-electron chi connectivity index (χ3n) is 0.867. The van der Waals surface area contributed by atoms with Crippen molar-refractivity contribution in [2.75, 3.05) is 6.54 Å². The highest BCUT2D eigenvalue weighted by molar-refractivity contribution is 5.11. The Morgan fingerprint density at radius 1 is 1.83 bits per heavy atom. The fourth-order valence-electron chi connectivity index (χ4n) is 0.515. The summed E-state index contributed by atoms with van der Waals surface area (Å²) in [6.07, 6.45) is 4.19. The van der Waals surface area contributed by atoms with Gasteiger partial charge >= 0.3 is 0 Å². The van der Waals surface area contributed by atoms with Crippen LogP contribution in [0.25, 0.3) is 0 Å². The molecule has 1 heterocycles. The summed E-state index contributed by atoms with van der Waals surface area (Å²) in [5.74, 6) is 0. The van der Waals surface area contributed by atoms with Crippen molar-refractivity contribution in [1.29, 1.82) is 0 Å². The van der Waals surface area contributed by atoms with Gasteiger partial charge in [0, 0.05) is 18.7 Å². The van der Waals surface area contributed by atoms with E-state index in [4.69, 9.17) is 0 Å². The summed E-state index contributed by atoms with van der Waals surface area (Å²) in [4.78, 5) is 0. The summed E-state index contributed by atoms with van der Waals surface area (Å²) in [6, 6.07) is 0. The molecule has 1 aliphatic heterocycles. The molecule has 1 N–H and O–H groups in total. The van der Waals surface area contributed by atoms with E-state index in [-0.39, 0.29) is 0 Å². The van der Waals surface area contributed by atoms with Crippen LogP contribution in [0, 0.1) is 6.42 Å². The minimum atomic E-state index is 1.02. The van der Waals surface area contributed by atoms with Gasteiger partial charge < -0.3 is 5.32 Å². The Morgan fingerprint density at radius 2 is 2.67 bits per heavy atom. The number of hydrogen-bond donors (Lipinski definition) is 1. The van der Waals surface area contributed by atoms with Crippen LogP contribution in [0.1, 0.15) is 6.92 Å². The number of nitrogens with one attached hydrogen (secondary N) is 1. The van der Waals surface area contributed by atoms with Gasteiger partial charge in [-0.05, 0) is 6.92 Å². The highest BCUT2D eigenvalue weighted by Gasteiger charge is 1.92. The quantitative estimate of drug-likeness (QED) is 0.453. The molecule has 0 saturated heterocycles. The van der Waals surface area contributed by atoms with E-state index in [1.165, 1.54) is 5.70 Å². The first-order chi connectivity index (χ1) is 2.89. The van der Waals surface area contributed by atoms with Gasteiger partial charge in [-0.15, -0.1) is 0 Å². The first-order valence-electron chi connectivity index (χ1n) is 2.13. The van der Waals surface area contributed by atoms with Crippen molar-refractivity contribution in [3.8, 4) is 0 Å². The Balaban J connectivity index is 2.45. The van der Waals surface area contributed by atoms with Crippen LogP contribution < -0.4 is 5.32 Å². The lowest BCUT2D eigenvalue weighted by atomic mass is 10.4. The van der Waals surface area contributed by atoms with Crippen LogP contribution in [0.15, 0.2) is 11.8 Å². The maximum atomic E-state index is 3.12. The molecule has 6 heavy (non-hydrogen) atoms. The molecule has 0 fully saturated rings. The Morgan fingerprint density at radius 3 is 2.83 bits per heavy atom. The molecule has 33 valence electrons. The van der Waals surface area contributed by atoms with E-state index in [0.717, 1.165) is 6.54 Å². The van der Waals surface area contributed by atoms with Crippen LogP contribution in [-0.2, 0) is 0 Å². The molecule has 0 aliphatic carbocycles. The summed E-state index contributed by atoms with van der Waals surface area (Å²) in [5, 5.41) is 3.12. The molecule has 0 aromatic rings. The smallest absolute Gasteiger partial charge is 0.0213 e. The van der Waals surface area contributed by atoms with Crippen molar-refractivity contribution < 1.29 is 0 Å². The third-order valence-corrected chi connectivity index (χ3v) is 0.867. The fraction of sp³-hybridized carbons (Fsp3) is 0.400. The topological polar surface area (TPSA) is 12.0 Å². The van der Waals surface area contributed by atoms with Gasteiger partial charge in [0.1, 0.15) is 0 Å². The minimum absolute atomic E-state index is 1.02. The highest BCUT2D eigenvalue weighted by Crippen LogP contribution is 1.95. The van der Waals surface area contributed by atoms with Crippen molar-refractivity contribution >= 4 is 0 Å². The predicted molar refractivity (Wildman–Crippen MR) is 26.1 cm³/mol. The lowest BCUT2D eigenvalue weighted by molar-refractivity contribution is 0.935. The van der Waals surface area contributed by atoms with Crippen molar-refractivity contribution in [2.45, 2.75) is 6.92 Å². The Labute approximate surface area is 38.1 Å². The molecule has 0 aromatic carbocycles. The Bertz CT molecular complexity index is 74.0. The molecule has 0 bridgehead atoms. The van der Waals surface area contributed by atoms with E-state index in [1.54, 1.807) is 0 Å². The van der Waals surface area contributed by atoms with Crippen LogP contribution in [-0.4, -0.2) is 6.54 Å². The summed E-state index contributed by atoms with van der Waals surface area (Å²) in [7, 11) is 0. The molecule has 0 unspecified atom stereocenters. The summed E-state index contributed by atoms with van der Waals surface area (Å²) in [5.41, 5.74) is 1.27. The zero-order valence-corrected chi connectivity index (χ0v) is 3.86. The van der Waals surface area contributed by atoms with Crippen molar-refractivity contribution in [2.24, 2.45) is 0 Å². The molecule has 1 heteroatoms. The van der Waals surface area contributed by atoms with Gasteiger partial charge in [-0.3, -0.25) is 0 Å². The van der Waals surface area contributed by atoms with E-state index in [1.807, 2.05) is 0 Å². The molecule has 0 atom stereocenters. The third kappa shape index (κ3) is 0.534. The largest absolute Gasteiger partial charge is 0.388 e. The Hall–Kier alpha value is -0.460. The lowest BCUT2D eigenvalue weighted by Gasteiger charge is -1.88. The molecule has 0 saturated carbocycles. The van der Waals surface area contributed by atoms with Crippen molar-refractivity contribution in [1.82, 2.24) is 5.32 Å². The second kappa shape index (κ2) is 1.33. The maximum Gasteiger partial charge on any atom is 0.0213 e. The molecule has 0 spiro atoms. The van der Waals surface area contributed by atoms with Gasteiger partial charge in [0.2, 0.25) is 0 Å². The molecular weight excluding hydrogens is 74.1 g/mol. The first kappa shape index (κ1) is 3.72. The van der Waals surface area contributed by atoms with Gasteiger partial charge in [0.05, 0.1) is 0 Å². The lowest BCUT2D eigenvalue weighted by Crippen LogP contribution is -2.03. The molecule has 1 aliphatic rings. The van der Waals surface area contributed by atoms with E-state index < -0.39 is 0 Å².